The molecular formula is C18H21ClN4O3. The smallest absolute Gasteiger partial charge is 0.339 e. The van der Waals surface area contributed by atoms with Crippen LogP contribution < -0.4 is 5.32 Å². The number of nitrogens with zero attached hydrogens (tertiary/aromatic N) is 3. The highest BCUT2D eigenvalue weighted by Gasteiger charge is 2.29. The van der Waals surface area contributed by atoms with Crippen LogP contribution in [0.2, 0.25) is 5.02 Å². The summed E-state index contributed by atoms with van der Waals surface area (Å²) in [5.41, 5.74) is 2.87. The first-order valence-electron chi connectivity index (χ1n) is 8.35. The van der Waals surface area contributed by atoms with Gasteiger partial charge in [0, 0.05) is 24.5 Å². The van der Waals surface area contributed by atoms with E-state index in [4.69, 9.17) is 11.6 Å². The molecule has 0 spiro atoms. The van der Waals surface area contributed by atoms with Crippen molar-refractivity contribution in [3.63, 3.8) is 0 Å². The Balaban J connectivity index is 1.65. The molecule has 0 bridgehead atoms. The minimum Gasteiger partial charge on any atom is -0.465 e. The number of amides is 2. The Labute approximate surface area is 156 Å². The Morgan fingerprint density at radius 1 is 1.31 bits per heavy atom. The van der Waals surface area contributed by atoms with Crippen LogP contribution >= 0.6 is 11.6 Å². The van der Waals surface area contributed by atoms with Crippen molar-refractivity contribution >= 4 is 29.3 Å². The van der Waals surface area contributed by atoms with Gasteiger partial charge in [0.25, 0.3) is 0 Å². The number of aryl methyl sites for hydroxylation is 2. The zero-order chi connectivity index (χ0) is 18.8. The SMILES string of the molecule is COC(=O)c1ccc(NC(=O)N2CC[C@@H](n3nc(C)cc3C)C2)cc1Cl. The van der Waals surface area contributed by atoms with Crippen molar-refractivity contribution in [3.05, 3.63) is 46.2 Å². The van der Waals surface area contributed by atoms with Crippen molar-refractivity contribution in [2.24, 2.45) is 0 Å². The predicted octanol–water partition coefficient (Wildman–Crippen LogP) is 3.42. The first-order chi connectivity index (χ1) is 12.4. The number of nitrogens with one attached hydrogen (secondary N) is 1. The van der Waals surface area contributed by atoms with Crippen LogP contribution in [-0.2, 0) is 4.74 Å². The molecule has 138 valence electrons. The number of esters is 1. The van der Waals surface area contributed by atoms with Crippen molar-refractivity contribution in [2.75, 3.05) is 25.5 Å². The summed E-state index contributed by atoms with van der Waals surface area (Å²) >= 11 is 6.09. The topological polar surface area (TPSA) is 76.5 Å². The van der Waals surface area contributed by atoms with E-state index >= 15 is 0 Å². The van der Waals surface area contributed by atoms with E-state index in [1.54, 1.807) is 17.0 Å². The maximum atomic E-state index is 12.5. The zero-order valence-electron chi connectivity index (χ0n) is 15.0. The molecule has 0 aliphatic carbocycles. The lowest BCUT2D eigenvalue weighted by Gasteiger charge is -2.18. The number of rotatable bonds is 3. The van der Waals surface area contributed by atoms with Crippen molar-refractivity contribution < 1.29 is 14.3 Å². The first-order valence-corrected chi connectivity index (χ1v) is 8.73. The lowest BCUT2D eigenvalue weighted by molar-refractivity contribution is 0.0601. The van der Waals surface area contributed by atoms with Gasteiger partial charge in [-0.3, -0.25) is 4.68 Å². The normalized spacial score (nSPS) is 16.6. The minimum atomic E-state index is -0.514. The Bertz CT molecular complexity index is 849. The second-order valence-electron chi connectivity index (χ2n) is 6.38. The number of hydrogen-bond donors (Lipinski definition) is 1. The molecule has 1 saturated heterocycles. The molecule has 2 heterocycles. The number of anilines is 1. The monoisotopic (exact) mass is 376 g/mol. The Hall–Kier alpha value is -2.54. The number of ether oxygens (including phenoxy) is 1. The van der Waals surface area contributed by atoms with Gasteiger partial charge < -0.3 is 15.0 Å². The lowest BCUT2D eigenvalue weighted by Crippen LogP contribution is -2.33. The standard InChI is InChI=1S/C18H21ClN4O3/c1-11-8-12(2)23(21-11)14-6-7-22(10-14)18(25)20-13-4-5-15(16(19)9-13)17(24)26-3/h4-5,8-9,14H,6-7,10H2,1-3H3,(H,20,25)/t14-/m1/s1. The molecular weight excluding hydrogens is 356 g/mol. The number of carbonyl (C=O) groups excluding carboxylic acids is 2. The number of aromatic nitrogens is 2. The largest absolute Gasteiger partial charge is 0.465 e. The van der Waals surface area contributed by atoms with E-state index < -0.39 is 5.97 Å². The van der Waals surface area contributed by atoms with Gasteiger partial charge in [0.05, 0.1) is 29.4 Å². The number of urea groups is 1. The van der Waals surface area contributed by atoms with Gasteiger partial charge in [-0.1, -0.05) is 11.6 Å². The van der Waals surface area contributed by atoms with Crippen LogP contribution in [0, 0.1) is 13.8 Å². The molecule has 0 unspecified atom stereocenters. The van der Waals surface area contributed by atoms with E-state index in [1.807, 2.05) is 24.6 Å². The highest BCUT2D eigenvalue weighted by Crippen LogP contribution is 2.25. The molecule has 1 N–H and O–H groups in total. The van der Waals surface area contributed by atoms with Crippen LogP contribution in [0.5, 0.6) is 0 Å². The molecule has 2 aromatic rings. The van der Waals surface area contributed by atoms with Gasteiger partial charge >= 0.3 is 12.0 Å². The summed E-state index contributed by atoms with van der Waals surface area (Å²) in [6, 6.07) is 6.72. The van der Waals surface area contributed by atoms with E-state index in [0.717, 1.165) is 17.8 Å². The molecule has 0 saturated carbocycles. The Morgan fingerprint density at radius 2 is 2.08 bits per heavy atom. The second kappa shape index (κ2) is 7.37. The molecule has 1 fully saturated rings. The summed E-state index contributed by atoms with van der Waals surface area (Å²) in [7, 11) is 1.29. The fourth-order valence-corrected chi connectivity index (χ4v) is 3.47. The number of carbonyl (C=O) groups is 2. The third-order valence-electron chi connectivity index (χ3n) is 4.47. The van der Waals surface area contributed by atoms with Crippen molar-refractivity contribution in [3.8, 4) is 0 Å². The van der Waals surface area contributed by atoms with Crippen molar-refractivity contribution in [2.45, 2.75) is 26.3 Å². The predicted molar refractivity (Wildman–Crippen MR) is 98.7 cm³/mol. The lowest BCUT2D eigenvalue weighted by atomic mass is 10.2. The van der Waals surface area contributed by atoms with Crippen molar-refractivity contribution in [1.82, 2.24) is 14.7 Å². The summed E-state index contributed by atoms with van der Waals surface area (Å²) in [6.45, 7) is 5.24. The summed E-state index contributed by atoms with van der Waals surface area (Å²) in [5, 5.41) is 7.57. The summed E-state index contributed by atoms with van der Waals surface area (Å²) in [5.74, 6) is -0.514. The van der Waals surface area contributed by atoms with E-state index in [0.29, 0.717) is 18.8 Å². The molecule has 1 aliphatic heterocycles. The van der Waals surface area contributed by atoms with Gasteiger partial charge in [-0.15, -0.1) is 0 Å². The van der Waals surface area contributed by atoms with Crippen LogP contribution in [0.4, 0.5) is 10.5 Å². The fraction of sp³-hybridized carbons (Fsp3) is 0.389. The van der Waals surface area contributed by atoms with Gasteiger partial charge in [0.2, 0.25) is 0 Å². The molecule has 8 heteroatoms. The van der Waals surface area contributed by atoms with Crippen LogP contribution in [0.1, 0.15) is 34.2 Å². The van der Waals surface area contributed by atoms with Crippen LogP contribution in [-0.4, -0.2) is 46.9 Å². The average molecular weight is 377 g/mol. The molecule has 1 atom stereocenters. The summed E-state index contributed by atoms with van der Waals surface area (Å²) in [6.07, 6.45) is 0.859. The summed E-state index contributed by atoms with van der Waals surface area (Å²) in [4.78, 5) is 25.8. The highest BCUT2D eigenvalue weighted by atomic mass is 35.5. The van der Waals surface area contributed by atoms with E-state index in [9.17, 15) is 9.59 Å². The first kappa shape index (κ1) is 18.3. The maximum Gasteiger partial charge on any atom is 0.339 e. The van der Waals surface area contributed by atoms with Crippen molar-refractivity contribution in [1.29, 1.82) is 0 Å². The zero-order valence-corrected chi connectivity index (χ0v) is 15.7. The Morgan fingerprint density at radius 3 is 2.69 bits per heavy atom. The van der Waals surface area contributed by atoms with Gasteiger partial charge in [-0.05, 0) is 44.5 Å². The molecule has 1 aliphatic rings. The van der Waals surface area contributed by atoms with Gasteiger partial charge in [-0.2, -0.15) is 5.10 Å². The van der Waals surface area contributed by atoms with E-state index in [-0.39, 0.29) is 22.7 Å². The van der Waals surface area contributed by atoms with Gasteiger partial charge in [0.1, 0.15) is 0 Å². The third-order valence-corrected chi connectivity index (χ3v) is 4.78. The molecule has 26 heavy (non-hydrogen) atoms. The second-order valence-corrected chi connectivity index (χ2v) is 6.78. The van der Waals surface area contributed by atoms with Crippen LogP contribution in [0.3, 0.4) is 0 Å². The average Bonchev–Trinajstić information content (AvgIpc) is 3.20. The van der Waals surface area contributed by atoms with Gasteiger partial charge in [0.15, 0.2) is 0 Å². The van der Waals surface area contributed by atoms with E-state index in [1.165, 1.54) is 13.2 Å². The summed E-state index contributed by atoms with van der Waals surface area (Å²) < 4.78 is 6.65. The highest BCUT2D eigenvalue weighted by molar-refractivity contribution is 6.33. The number of likely N-dealkylation sites (tertiary alicyclic amines) is 1. The molecule has 2 amide bonds. The number of halogens is 1. The molecule has 3 rings (SSSR count). The van der Waals surface area contributed by atoms with E-state index in [2.05, 4.69) is 15.2 Å². The molecule has 1 aromatic carbocycles. The van der Waals surface area contributed by atoms with Crippen LogP contribution in [0.15, 0.2) is 24.3 Å². The number of benzene rings is 1. The number of methoxy groups -OCH3 is 1. The number of hydrogen-bond acceptors (Lipinski definition) is 4. The quantitative estimate of drug-likeness (QED) is 0.833. The minimum absolute atomic E-state index is 0.180. The molecule has 0 radical (unpaired) electrons. The van der Waals surface area contributed by atoms with Gasteiger partial charge in [-0.25, -0.2) is 9.59 Å². The molecule has 7 nitrogen and oxygen atoms in total. The maximum absolute atomic E-state index is 12.5. The fourth-order valence-electron chi connectivity index (χ4n) is 3.21. The third kappa shape index (κ3) is 3.67. The van der Waals surface area contributed by atoms with Crippen LogP contribution in [0.25, 0.3) is 0 Å². The molecule has 1 aromatic heterocycles. The Kier molecular flexibility index (Phi) is 5.18.